The monoisotopic (exact) mass is 714 g/mol. The highest BCUT2D eigenvalue weighted by atomic mass is 16.3. The van der Waals surface area contributed by atoms with E-state index < -0.39 is 5.92 Å². The van der Waals surface area contributed by atoms with E-state index in [9.17, 15) is 25.8 Å². The van der Waals surface area contributed by atoms with Crippen LogP contribution >= 0.6 is 0 Å². The van der Waals surface area contributed by atoms with Gasteiger partial charge in [-0.2, -0.15) is 10.5 Å². The zero-order chi connectivity index (χ0) is 38.1. The first-order valence-electron chi connectivity index (χ1n) is 19.1. The van der Waals surface area contributed by atoms with Crippen LogP contribution in [0.3, 0.4) is 0 Å². The molecule has 0 saturated carbocycles. The molecule has 1 unspecified atom stereocenters. The minimum absolute atomic E-state index is 0.0292. The van der Waals surface area contributed by atoms with Crippen LogP contribution in [0.2, 0.25) is 0 Å². The van der Waals surface area contributed by atoms with E-state index in [1.807, 2.05) is 48.5 Å². The van der Waals surface area contributed by atoms with Crippen molar-refractivity contribution >= 4 is 60.0 Å². The fourth-order valence-electron chi connectivity index (χ4n) is 8.49. The van der Waals surface area contributed by atoms with Crippen molar-refractivity contribution in [3.05, 3.63) is 113 Å². The van der Waals surface area contributed by atoms with Crippen LogP contribution in [0.25, 0.3) is 48.7 Å². The van der Waals surface area contributed by atoms with Gasteiger partial charge in [0.05, 0.1) is 5.92 Å². The number of hydrogen-bond donors (Lipinski definition) is 3. The summed E-state index contributed by atoms with van der Waals surface area (Å²) in [5.41, 5.74) is 2.92. The first-order valence-corrected chi connectivity index (χ1v) is 19.1. The minimum atomic E-state index is -0.982. The third-order valence-electron chi connectivity index (χ3n) is 10.7. The summed E-state index contributed by atoms with van der Waals surface area (Å²) in [6.45, 7) is 11.7. The molecule has 3 N–H and O–H groups in total. The molecule has 0 spiro atoms. The second kappa shape index (κ2) is 15.0. The lowest BCUT2D eigenvalue weighted by molar-refractivity contribution is 0.364. The standard InChI is InChI=1S/C47H46N4O3/c1-5-17-50(18-6-2)38-25-40(52)43(36-23-31-15-11-9-13-29(31)21-34(36)38)45-42(33(27-48)28-49)46(47(45)54)44-37-24-32-16-12-10-14-30(32)22-35(37)39(26-41(44)53)51(19-7-3)20-8-4/h9-16,21-26,45,52-54H,5-8,17-20H2,1-4H3. The fraction of sp³-hybridized carbons (Fsp3) is 0.277. The predicted octanol–water partition coefficient (Wildman–Crippen LogP) is 11.4. The van der Waals surface area contributed by atoms with E-state index in [1.54, 1.807) is 12.1 Å². The van der Waals surface area contributed by atoms with Gasteiger partial charge >= 0.3 is 0 Å². The number of nitrogens with zero attached hydrogens (tertiary/aromatic N) is 4. The Bertz CT molecular complexity index is 2560. The molecule has 0 bridgehead atoms. The third-order valence-corrected chi connectivity index (χ3v) is 10.7. The number of allylic oxidation sites excluding steroid dienone is 3. The van der Waals surface area contributed by atoms with Crippen molar-refractivity contribution in [1.29, 1.82) is 10.5 Å². The Balaban J connectivity index is 1.55. The normalized spacial score (nSPS) is 14.0. The summed E-state index contributed by atoms with van der Waals surface area (Å²) in [7, 11) is 0. The molecule has 7 rings (SSSR count). The predicted molar refractivity (Wildman–Crippen MR) is 222 cm³/mol. The van der Waals surface area contributed by atoms with Crippen LogP contribution in [0.4, 0.5) is 11.4 Å². The number of benzene rings is 6. The average molecular weight is 715 g/mol. The van der Waals surface area contributed by atoms with Crippen molar-refractivity contribution in [3.63, 3.8) is 0 Å². The first-order chi connectivity index (χ1) is 26.3. The summed E-state index contributed by atoms with van der Waals surface area (Å²) in [6.07, 6.45) is 3.69. The second-order valence-electron chi connectivity index (χ2n) is 14.3. The minimum Gasteiger partial charge on any atom is -0.511 e. The Morgan fingerprint density at radius 3 is 1.43 bits per heavy atom. The van der Waals surface area contributed by atoms with Gasteiger partial charge in [-0.25, -0.2) is 0 Å². The topological polar surface area (TPSA) is 115 Å². The summed E-state index contributed by atoms with van der Waals surface area (Å²) < 4.78 is 0. The highest BCUT2D eigenvalue weighted by Crippen LogP contribution is 2.59. The molecule has 272 valence electrons. The van der Waals surface area contributed by atoms with E-state index in [4.69, 9.17) is 0 Å². The number of phenolic OH excluding ortho intramolecular Hbond substituents is 2. The van der Waals surface area contributed by atoms with Crippen LogP contribution < -0.4 is 9.80 Å². The molecule has 0 heterocycles. The van der Waals surface area contributed by atoms with Gasteiger partial charge < -0.3 is 25.1 Å². The molecule has 0 saturated heterocycles. The fourth-order valence-corrected chi connectivity index (χ4v) is 8.49. The van der Waals surface area contributed by atoms with Crippen LogP contribution in [0.1, 0.15) is 70.4 Å². The van der Waals surface area contributed by atoms with Gasteiger partial charge in [0.1, 0.15) is 35.0 Å². The van der Waals surface area contributed by atoms with Gasteiger partial charge in [-0.1, -0.05) is 76.2 Å². The first kappa shape index (κ1) is 36.2. The number of rotatable bonds is 12. The molecule has 0 fully saturated rings. The van der Waals surface area contributed by atoms with Crippen molar-refractivity contribution < 1.29 is 15.3 Å². The molecular weight excluding hydrogens is 669 g/mol. The Labute approximate surface area is 316 Å². The average Bonchev–Trinajstić information content (AvgIpc) is 3.18. The van der Waals surface area contributed by atoms with Crippen molar-refractivity contribution in [2.24, 2.45) is 0 Å². The summed E-state index contributed by atoms with van der Waals surface area (Å²) in [5.74, 6) is -1.17. The molecule has 0 radical (unpaired) electrons. The van der Waals surface area contributed by atoms with Crippen molar-refractivity contribution in [1.82, 2.24) is 0 Å². The molecular formula is C47H46N4O3. The number of phenols is 2. The Morgan fingerprint density at radius 2 is 0.981 bits per heavy atom. The van der Waals surface area contributed by atoms with E-state index in [2.05, 4.69) is 73.9 Å². The van der Waals surface area contributed by atoms with Gasteiger partial charge in [0.2, 0.25) is 0 Å². The number of aliphatic hydroxyl groups is 1. The zero-order valence-electron chi connectivity index (χ0n) is 31.4. The largest absolute Gasteiger partial charge is 0.511 e. The van der Waals surface area contributed by atoms with Gasteiger partial charge in [0.15, 0.2) is 0 Å². The highest BCUT2D eigenvalue weighted by molar-refractivity contribution is 6.14. The molecule has 0 aliphatic heterocycles. The van der Waals surface area contributed by atoms with Crippen molar-refractivity contribution in [2.75, 3.05) is 36.0 Å². The maximum atomic E-state index is 12.4. The molecule has 0 aromatic heterocycles. The van der Waals surface area contributed by atoms with Gasteiger partial charge in [-0.3, -0.25) is 0 Å². The third kappa shape index (κ3) is 6.00. The molecule has 54 heavy (non-hydrogen) atoms. The molecule has 6 aromatic rings. The molecule has 6 aromatic carbocycles. The lowest BCUT2D eigenvalue weighted by atomic mass is 9.67. The number of anilines is 2. The van der Waals surface area contributed by atoms with E-state index >= 15 is 0 Å². The smallest absolute Gasteiger partial charge is 0.134 e. The summed E-state index contributed by atoms with van der Waals surface area (Å²) in [5, 5.41) is 64.5. The zero-order valence-corrected chi connectivity index (χ0v) is 31.4. The van der Waals surface area contributed by atoms with E-state index in [-0.39, 0.29) is 34.0 Å². The second-order valence-corrected chi connectivity index (χ2v) is 14.3. The maximum absolute atomic E-state index is 12.4. The van der Waals surface area contributed by atoms with Crippen molar-refractivity contribution in [2.45, 2.75) is 59.3 Å². The lowest BCUT2D eigenvalue weighted by Gasteiger charge is -2.37. The Morgan fingerprint density at radius 1 is 0.574 bits per heavy atom. The van der Waals surface area contributed by atoms with Gasteiger partial charge in [0, 0.05) is 82.7 Å². The highest BCUT2D eigenvalue weighted by Gasteiger charge is 2.44. The van der Waals surface area contributed by atoms with E-state index in [0.29, 0.717) is 16.5 Å². The number of nitriles is 2. The van der Waals surface area contributed by atoms with Crippen LogP contribution in [0.15, 0.2) is 102 Å². The summed E-state index contributed by atoms with van der Waals surface area (Å²) in [4.78, 5) is 4.56. The van der Waals surface area contributed by atoms with Crippen LogP contribution in [0, 0.1) is 22.7 Å². The summed E-state index contributed by atoms with van der Waals surface area (Å²) in [6, 6.07) is 32.1. The SMILES string of the molecule is CCCN(CCC)c1cc(O)c(C2=C(O)C(c3c(O)cc(N(CCC)CCC)c4cc5ccccc5cc34)C2=C(C#N)C#N)c2cc3ccccc3cc12. The quantitative estimate of drug-likeness (QED) is 0.0853. The lowest BCUT2D eigenvalue weighted by Crippen LogP contribution is -2.26. The van der Waals surface area contributed by atoms with Gasteiger partial charge in [-0.15, -0.1) is 0 Å². The number of aliphatic hydroxyl groups excluding tert-OH is 1. The van der Waals surface area contributed by atoms with Crippen molar-refractivity contribution in [3.8, 4) is 23.6 Å². The number of aromatic hydroxyl groups is 2. The van der Waals surface area contributed by atoms with Crippen LogP contribution in [-0.2, 0) is 0 Å². The molecule has 1 aliphatic carbocycles. The van der Waals surface area contributed by atoms with E-state index in [1.165, 1.54) is 0 Å². The van der Waals surface area contributed by atoms with Crippen LogP contribution in [0.5, 0.6) is 11.5 Å². The number of fused-ring (bicyclic) bond motifs is 4. The van der Waals surface area contributed by atoms with Gasteiger partial charge in [-0.05, 0) is 82.3 Å². The maximum Gasteiger partial charge on any atom is 0.134 e. The Kier molecular flexibility index (Phi) is 10.1. The molecule has 1 aliphatic rings. The molecule has 1 atom stereocenters. The van der Waals surface area contributed by atoms with Gasteiger partial charge in [0.25, 0.3) is 0 Å². The molecule has 7 heteroatoms. The molecule has 0 amide bonds. The molecule has 7 nitrogen and oxygen atoms in total. The Hall–Kier alpha value is -6.18. The number of hydrogen-bond acceptors (Lipinski definition) is 7. The van der Waals surface area contributed by atoms with E-state index in [0.717, 1.165) is 101 Å². The van der Waals surface area contributed by atoms with Crippen LogP contribution in [-0.4, -0.2) is 41.5 Å². The summed E-state index contributed by atoms with van der Waals surface area (Å²) >= 11 is 0.